The molecule has 3 nitrogen and oxygen atoms in total. The van der Waals surface area contributed by atoms with Crippen LogP contribution in [0.2, 0.25) is 0 Å². The third-order valence-corrected chi connectivity index (χ3v) is 3.64. The molecule has 0 aromatic carbocycles. The van der Waals surface area contributed by atoms with E-state index in [1.165, 1.54) is 0 Å². The predicted molar refractivity (Wildman–Crippen MR) is 58.7 cm³/mol. The van der Waals surface area contributed by atoms with Crippen LogP contribution in [0.4, 0.5) is 0 Å². The van der Waals surface area contributed by atoms with Gasteiger partial charge in [0.2, 0.25) is 0 Å². The van der Waals surface area contributed by atoms with Gasteiger partial charge >= 0.3 is 5.97 Å². The maximum absolute atomic E-state index is 11.2. The van der Waals surface area contributed by atoms with Crippen molar-refractivity contribution in [1.29, 1.82) is 0 Å². The normalized spacial score (nSPS) is 30.7. The summed E-state index contributed by atoms with van der Waals surface area (Å²) < 4.78 is 0. The summed E-state index contributed by atoms with van der Waals surface area (Å²) in [6.45, 7) is 2.14. The molecule has 0 aromatic heterocycles. The second kappa shape index (κ2) is 5.50. The molecule has 0 aromatic rings. The van der Waals surface area contributed by atoms with Gasteiger partial charge < -0.3 is 10.2 Å². The van der Waals surface area contributed by atoms with E-state index < -0.39 is 17.5 Å². The van der Waals surface area contributed by atoms with Crippen molar-refractivity contribution in [3.63, 3.8) is 0 Å². The van der Waals surface area contributed by atoms with Crippen LogP contribution in [0.5, 0.6) is 0 Å². The van der Waals surface area contributed by atoms with E-state index in [2.05, 4.69) is 6.92 Å². The van der Waals surface area contributed by atoms with Gasteiger partial charge in [0, 0.05) is 0 Å². The molecule has 88 valence electrons. The van der Waals surface area contributed by atoms with Gasteiger partial charge in [0.25, 0.3) is 0 Å². The Balaban J connectivity index is 2.47. The highest BCUT2D eigenvalue weighted by Gasteiger charge is 2.47. The minimum absolute atomic E-state index is 0.628. The number of carboxylic acids is 1. The molecule has 2 atom stereocenters. The SMILES string of the molecule is CCCCCCC1(C(=O)O)CCCC1O. The lowest BCUT2D eigenvalue weighted by atomic mass is 9.79. The van der Waals surface area contributed by atoms with Crippen LogP contribution in [0.15, 0.2) is 0 Å². The minimum atomic E-state index is -0.826. The van der Waals surface area contributed by atoms with Crippen LogP contribution >= 0.6 is 0 Å². The Labute approximate surface area is 91.5 Å². The van der Waals surface area contributed by atoms with Gasteiger partial charge in [-0.1, -0.05) is 32.6 Å². The van der Waals surface area contributed by atoms with E-state index in [4.69, 9.17) is 0 Å². The Morgan fingerprint density at radius 1 is 1.40 bits per heavy atom. The van der Waals surface area contributed by atoms with E-state index in [-0.39, 0.29) is 0 Å². The fraction of sp³-hybridized carbons (Fsp3) is 0.917. The van der Waals surface area contributed by atoms with E-state index in [1.54, 1.807) is 0 Å². The van der Waals surface area contributed by atoms with Gasteiger partial charge in [-0.15, -0.1) is 0 Å². The lowest BCUT2D eigenvalue weighted by Crippen LogP contribution is -2.38. The molecular formula is C12H22O3. The van der Waals surface area contributed by atoms with Crippen molar-refractivity contribution < 1.29 is 15.0 Å². The summed E-state index contributed by atoms with van der Waals surface area (Å²) in [5, 5.41) is 19.0. The van der Waals surface area contributed by atoms with Crippen LogP contribution < -0.4 is 0 Å². The average Bonchev–Trinajstić information content (AvgIpc) is 2.56. The highest BCUT2D eigenvalue weighted by Crippen LogP contribution is 2.42. The standard InChI is InChI=1S/C12H22O3/c1-2-3-4-5-8-12(11(14)15)9-6-7-10(12)13/h10,13H,2-9H2,1H3,(H,14,15). The molecule has 0 aliphatic heterocycles. The number of hydrogen-bond donors (Lipinski definition) is 2. The summed E-state index contributed by atoms with van der Waals surface area (Å²) in [5.74, 6) is -0.802. The van der Waals surface area contributed by atoms with Crippen molar-refractivity contribution in [2.24, 2.45) is 5.41 Å². The van der Waals surface area contributed by atoms with E-state index in [0.717, 1.165) is 32.1 Å². The molecule has 2 unspecified atom stereocenters. The molecular weight excluding hydrogens is 192 g/mol. The van der Waals surface area contributed by atoms with Gasteiger partial charge in [-0.2, -0.15) is 0 Å². The number of carbonyl (C=O) groups is 1. The molecule has 3 heteroatoms. The molecule has 1 aliphatic carbocycles. The first kappa shape index (κ1) is 12.5. The van der Waals surface area contributed by atoms with Crippen molar-refractivity contribution in [2.45, 2.75) is 64.4 Å². The monoisotopic (exact) mass is 214 g/mol. The number of rotatable bonds is 6. The zero-order valence-electron chi connectivity index (χ0n) is 9.54. The molecule has 0 amide bonds. The zero-order chi connectivity index (χ0) is 11.3. The lowest BCUT2D eigenvalue weighted by molar-refractivity contribution is -0.155. The Morgan fingerprint density at radius 3 is 2.60 bits per heavy atom. The number of unbranched alkanes of at least 4 members (excludes halogenated alkanes) is 3. The first-order valence-corrected chi connectivity index (χ1v) is 6.05. The van der Waals surface area contributed by atoms with Crippen LogP contribution in [0, 0.1) is 5.41 Å². The smallest absolute Gasteiger partial charge is 0.312 e. The second-order valence-electron chi connectivity index (χ2n) is 4.68. The number of aliphatic hydroxyl groups is 1. The van der Waals surface area contributed by atoms with Crippen molar-refractivity contribution in [3.05, 3.63) is 0 Å². The van der Waals surface area contributed by atoms with E-state index in [1.807, 2.05) is 0 Å². The third-order valence-electron chi connectivity index (χ3n) is 3.64. The van der Waals surface area contributed by atoms with Gasteiger partial charge in [-0.05, 0) is 25.7 Å². The van der Waals surface area contributed by atoms with Gasteiger partial charge in [-0.3, -0.25) is 4.79 Å². The Kier molecular flexibility index (Phi) is 4.58. The first-order valence-electron chi connectivity index (χ1n) is 6.05. The Bertz CT molecular complexity index is 215. The maximum Gasteiger partial charge on any atom is 0.312 e. The molecule has 15 heavy (non-hydrogen) atoms. The van der Waals surface area contributed by atoms with E-state index >= 15 is 0 Å². The zero-order valence-corrected chi connectivity index (χ0v) is 9.54. The maximum atomic E-state index is 11.2. The summed E-state index contributed by atoms with van der Waals surface area (Å²) in [6, 6.07) is 0. The number of hydrogen-bond acceptors (Lipinski definition) is 2. The van der Waals surface area contributed by atoms with Gasteiger partial charge in [0.1, 0.15) is 0 Å². The quantitative estimate of drug-likeness (QED) is 0.668. The summed E-state index contributed by atoms with van der Waals surface area (Å²) in [5.41, 5.74) is -0.826. The highest BCUT2D eigenvalue weighted by atomic mass is 16.4. The fourth-order valence-electron chi connectivity index (χ4n) is 2.57. The average molecular weight is 214 g/mol. The topological polar surface area (TPSA) is 57.5 Å². The van der Waals surface area contributed by atoms with Crippen molar-refractivity contribution in [2.75, 3.05) is 0 Å². The minimum Gasteiger partial charge on any atom is -0.481 e. The lowest BCUT2D eigenvalue weighted by Gasteiger charge is -2.27. The molecule has 0 saturated heterocycles. The molecule has 0 radical (unpaired) electrons. The molecule has 0 bridgehead atoms. The Hall–Kier alpha value is -0.570. The summed E-state index contributed by atoms with van der Waals surface area (Å²) in [4.78, 5) is 11.2. The number of aliphatic carboxylic acids is 1. The highest BCUT2D eigenvalue weighted by molar-refractivity contribution is 5.75. The van der Waals surface area contributed by atoms with E-state index in [9.17, 15) is 15.0 Å². The molecule has 1 rings (SSSR count). The molecule has 2 N–H and O–H groups in total. The van der Waals surface area contributed by atoms with Gasteiger partial charge in [-0.25, -0.2) is 0 Å². The molecule has 0 spiro atoms. The predicted octanol–water partition coefficient (Wildman–Crippen LogP) is 2.57. The molecule has 1 fully saturated rings. The number of carboxylic acid groups (broad SMARTS) is 1. The molecule has 1 aliphatic rings. The Morgan fingerprint density at radius 2 is 2.13 bits per heavy atom. The van der Waals surface area contributed by atoms with Crippen LogP contribution in [0.3, 0.4) is 0 Å². The largest absolute Gasteiger partial charge is 0.481 e. The summed E-state index contributed by atoms with van der Waals surface area (Å²) in [7, 11) is 0. The number of aliphatic hydroxyl groups excluding tert-OH is 1. The van der Waals surface area contributed by atoms with E-state index in [0.29, 0.717) is 19.3 Å². The summed E-state index contributed by atoms with van der Waals surface area (Å²) in [6.07, 6.45) is 6.49. The van der Waals surface area contributed by atoms with Crippen LogP contribution in [-0.2, 0) is 4.79 Å². The van der Waals surface area contributed by atoms with Gasteiger partial charge in [0.15, 0.2) is 0 Å². The summed E-state index contributed by atoms with van der Waals surface area (Å²) >= 11 is 0. The fourth-order valence-corrected chi connectivity index (χ4v) is 2.57. The van der Waals surface area contributed by atoms with Crippen molar-refractivity contribution in [1.82, 2.24) is 0 Å². The van der Waals surface area contributed by atoms with Crippen LogP contribution in [0.25, 0.3) is 0 Å². The van der Waals surface area contributed by atoms with Gasteiger partial charge in [0.05, 0.1) is 11.5 Å². The molecule has 1 saturated carbocycles. The third kappa shape index (κ3) is 2.71. The van der Waals surface area contributed by atoms with Crippen LogP contribution in [0.1, 0.15) is 58.3 Å². The van der Waals surface area contributed by atoms with Crippen molar-refractivity contribution >= 4 is 5.97 Å². The molecule has 0 heterocycles. The second-order valence-corrected chi connectivity index (χ2v) is 4.68. The first-order chi connectivity index (χ1) is 7.13. The van der Waals surface area contributed by atoms with Crippen LogP contribution in [-0.4, -0.2) is 22.3 Å². The van der Waals surface area contributed by atoms with Crippen molar-refractivity contribution in [3.8, 4) is 0 Å².